The maximum atomic E-state index is 12.6. The van der Waals surface area contributed by atoms with Gasteiger partial charge in [0.05, 0.1) is 39.7 Å². The van der Waals surface area contributed by atoms with Crippen LogP contribution in [0, 0.1) is 0 Å². The Hall–Kier alpha value is -2.51. The average Bonchev–Trinajstić information content (AvgIpc) is 2.71. The van der Waals surface area contributed by atoms with Crippen LogP contribution in [0.4, 0.5) is 0 Å². The summed E-state index contributed by atoms with van der Waals surface area (Å²) >= 11 is 0. The maximum Gasteiger partial charge on any atom is 0.254 e. The van der Waals surface area contributed by atoms with Gasteiger partial charge in [0.15, 0.2) is 11.5 Å². The molecule has 1 aromatic heterocycles. The molecule has 4 rings (SSSR count). The summed E-state index contributed by atoms with van der Waals surface area (Å²) in [6, 6.07) is 7.32. The van der Waals surface area contributed by atoms with E-state index in [0.29, 0.717) is 50.2 Å². The molecule has 7 nitrogen and oxygen atoms in total. The van der Waals surface area contributed by atoms with Crippen molar-refractivity contribution < 1.29 is 23.7 Å². The Bertz CT molecular complexity index is 885. The highest BCUT2D eigenvalue weighted by molar-refractivity contribution is 5.71. The van der Waals surface area contributed by atoms with Crippen LogP contribution in [0.25, 0.3) is 11.3 Å². The van der Waals surface area contributed by atoms with Gasteiger partial charge in [-0.05, 0) is 24.1 Å². The van der Waals surface area contributed by atoms with Crippen molar-refractivity contribution in [1.29, 1.82) is 0 Å². The monoisotopic (exact) mass is 373 g/mol. The Morgan fingerprint density at radius 1 is 1.11 bits per heavy atom. The van der Waals surface area contributed by atoms with Crippen LogP contribution in [0.3, 0.4) is 0 Å². The summed E-state index contributed by atoms with van der Waals surface area (Å²) in [6.07, 6.45) is 0.643. The van der Waals surface area contributed by atoms with Crippen LogP contribution >= 0.6 is 0 Å². The Morgan fingerprint density at radius 2 is 1.93 bits per heavy atom. The van der Waals surface area contributed by atoms with E-state index in [-0.39, 0.29) is 11.7 Å². The fourth-order valence-corrected chi connectivity index (χ4v) is 3.53. The summed E-state index contributed by atoms with van der Waals surface area (Å²) < 4.78 is 29.4. The first-order chi connectivity index (χ1) is 13.2. The molecule has 0 radical (unpaired) electrons. The molecule has 27 heavy (non-hydrogen) atoms. The normalized spacial score (nSPS) is 18.4. The van der Waals surface area contributed by atoms with Gasteiger partial charge in [0.2, 0.25) is 0 Å². The smallest absolute Gasteiger partial charge is 0.254 e. The first-order valence-corrected chi connectivity index (χ1v) is 9.02. The lowest BCUT2D eigenvalue weighted by Gasteiger charge is -2.25. The molecule has 144 valence electrons. The zero-order valence-electron chi connectivity index (χ0n) is 15.5. The number of hydrogen-bond donors (Lipinski definition) is 0. The molecular formula is C20H23NO6. The predicted molar refractivity (Wildman–Crippen MR) is 99.0 cm³/mol. The van der Waals surface area contributed by atoms with E-state index in [9.17, 15) is 4.79 Å². The third kappa shape index (κ3) is 3.52. The number of rotatable bonds is 5. The number of fused-ring (bicyclic) bond motifs is 3. The molecule has 1 aromatic carbocycles. The second-order valence-corrected chi connectivity index (χ2v) is 6.56. The van der Waals surface area contributed by atoms with Crippen LogP contribution in [0.5, 0.6) is 17.2 Å². The van der Waals surface area contributed by atoms with Crippen molar-refractivity contribution in [2.24, 2.45) is 0 Å². The van der Waals surface area contributed by atoms with Crippen LogP contribution in [0.15, 0.2) is 29.1 Å². The minimum Gasteiger partial charge on any atom is -0.493 e. The summed E-state index contributed by atoms with van der Waals surface area (Å²) in [6.45, 7) is 2.65. The van der Waals surface area contributed by atoms with Crippen LogP contribution in [-0.2, 0) is 22.4 Å². The Balaban J connectivity index is 1.66. The van der Waals surface area contributed by atoms with Crippen molar-refractivity contribution in [3.63, 3.8) is 0 Å². The molecule has 7 heteroatoms. The maximum absolute atomic E-state index is 12.6. The molecule has 1 saturated heterocycles. The average molecular weight is 373 g/mol. The number of aryl methyl sites for hydroxylation is 1. The third-order valence-electron chi connectivity index (χ3n) is 4.91. The third-order valence-corrected chi connectivity index (χ3v) is 4.91. The minimum absolute atomic E-state index is 0.0799. The molecule has 2 aromatic rings. The van der Waals surface area contributed by atoms with E-state index in [2.05, 4.69) is 0 Å². The van der Waals surface area contributed by atoms with Crippen molar-refractivity contribution in [3.05, 3.63) is 40.2 Å². The number of benzene rings is 1. The molecule has 0 bridgehead atoms. The Kier molecular flexibility index (Phi) is 5.05. The van der Waals surface area contributed by atoms with E-state index in [0.717, 1.165) is 23.2 Å². The molecule has 1 atom stereocenters. The van der Waals surface area contributed by atoms with Gasteiger partial charge in [0, 0.05) is 24.2 Å². The van der Waals surface area contributed by atoms with Crippen LogP contribution < -0.4 is 19.8 Å². The topological polar surface area (TPSA) is 68.2 Å². The Labute approximate surface area is 157 Å². The van der Waals surface area contributed by atoms with Gasteiger partial charge in [-0.1, -0.05) is 0 Å². The van der Waals surface area contributed by atoms with Gasteiger partial charge < -0.3 is 28.3 Å². The Morgan fingerprint density at radius 3 is 2.67 bits per heavy atom. The number of hydrogen-bond acceptors (Lipinski definition) is 6. The van der Waals surface area contributed by atoms with Gasteiger partial charge in [-0.15, -0.1) is 0 Å². The first-order valence-electron chi connectivity index (χ1n) is 9.02. The van der Waals surface area contributed by atoms with Gasteiger partial charge >= 0.3 is 0 Å². The molecule has 3 heterocycles. The predicted octanol–water partition coefficient (Wildman–Crippen LogP) is 1.88. The summed E-state index contributed by atoms with van der Waals surface area (Å²) in [5.41, 5.74) is 2.82. The minimum atomic E-state index is -0.117. The van der Waals surface area contributed by atoms with Crippen molar-refractivity contribution >= 4 is 0 Å². The van der Waals surface area contributed by atoms with Crippen molar-refractivity contribution in [2.45, 2.75) is 19.1 Å². The van der Waals surface area contributed by atoms with Gasteiger partial charge in [-0.2, -0.15) is 0 Å². The second-order valence-electron chi connectivity index (χ2n) is 6.56. The standard InChI is InChI=1S/C20H23NO6/c1-23-18-7-13-3-4-21-17(16(13)10-19(18)24-2)8-14(9-20(21)22)27-12-15-11-25-5-6-26-15/h7-10,15H,3-6,11-12H2,1-2H3. The SMILES string of the molecule is COc1cc2c(cc1OC)-c1cc(OCC3COCCO3)cc(=O)n1CC2. The fraction of sp³-hybridized carbons (Fsp3) is 0.450. The molecule has 0 saturated carbocycles. The van der Waals surface area contributed by atoms with Crippen LogP contribution in [0.2, 0.25) is 0 Å². The number of pyridine rings is 1. The van der Waals surface area contributed by atoms with Crippen molar-refractivity contribution in [1.82, 2.24) is 4.57 Å². The summed E-state index contributed by atoms with van der Waals surface area (Å²) in [4.78, 5) is 12.6. The summed E-state index contributed by atoms with van der Waals surface area (Å²) in [7, 11) is 3.22. The highest BCUT2D eigenvalue weighted by Gasteiger charge is 2.22. The number of methoxy groups -OCH3 is 2. The van der Waals surface area contributed by atoms with Crippen LogP contribution in [0.1, 0.15) is 5.56 Å². The van der Waals surface area contributed by atoms with Crippen molar-refractivity contribution in [2.75, 3.05) is 40.6 Å². The van der Waals surface area contributed by atoms with Crippen molar-refractivity contribution in [3.8, 4) is 28.5 Å². The summed E-state index contributed by atoms with van der Waals surface area (Å²) in [5, 5.41) is 0. The number of ether oxygens (including phenoxy) is 5. The quantitative estimate of drug-likeness (QED) is 0.797. The van der Waals surface area contributed by atoms with E-state index < -0.39 is 0 Å². The molecule has 1 unspecified atom stereocenters. The fourth-order valence-electron chi connectivity index (χ4n) is 3.53. The highest BCUT2D eigenvalue weighted by Crippen LogP contribution is 2.38. The molecule has 2 aliphatic rings. The van der Waals surface area contributed by atoms with E-state index in [1.165, 1.54) is 6.07 Å². The molecule has 0 amide bonds. The first kappa shape index (κ1) is 17.9. The molecule has 1 fully saturated rings. The van der Waals surface area contributed by atoms with Gasteiger partial charge in [-0.25, -0.2) is 0 Å². The number of aromatic nitrogens is 1. The molecule has 0 N–H and O–H groups in total. The van der Waals surface area contributed by atoms with E-state index in [4.69, 9.17) is 23.7 Å². The van der Waals surface area contributed by atoms with Crippen LogP contribution in [-0.4, -0.2) is 51.3 Å². The molecular weight excluding hydrogens is 350 g/mol. The molecule has 0 spiro atoms. The zero-order valence-corrected chi connectivity index (χ0v) is 15.5. The van der Waals surface area contributed by atoms with E-state index in [1.54, 1.807) is 18.8 Å². The molecule has 0 aliphatic carbocycles. The zero-order chi connectivity index (χ0) is 18.8. The van der Waals surface area contributed by atoms with Gasteiger partial charge in [0.1, 0.15) is 18.5 Å². The van der Waals surface area contributed by atoms with Gasteiger partial charge in [-0.3, -0.25) is 4.79 Å². The summed E-state index contributed by atoms with van der Waals surface area (Å²) in [5.74, 6) is 1.85. The lowest BCUT2D eigenvalue weighted by Crippen LogP contribution is -2.33. The number of nitrogens with zero attached hydrogens (tertiary/aromatic N) is 1. The largest absolute Gasteiger partial charge is 0.493 e. The van der Waals surface area contributed by atoms with Gasteiger partial charge in [0.25, 0.3) is 5.56 Å². The highest BCUT2D eigenvalue weighted by atomic mass is 16.6. The molecule has 2 aliphatic heterocycles. The van der Waals surface area contributed by atoms with E-state index in [1.807, 2.05) is 18.2 Å². The second kappa shape index (κ2) is 7.62. The lowest BCUT2D eigenvalue weighted by molar-refractivity contribution is -0.101. The lowest BCUT2D eigenvalue weighted by atomic mass is 9.96. The van der Waals surface area contributed by atoms with E-state index >= 15 is 0 Å².